The van der Waals surface area contributed by atoms with Gasteiger partial charge in [-0.05, 0) is 38.5 Å². The molecule has 0 aromatic rings. The maximum absolute atomic E-state index is 13.5. The Morgan fingerprint density at radius 2 is 1.35 bits per heavy atom. The molecule has 1 heterocycles. The van der Waals surface area contributed by atoms with E-state index in [4.69, 9.17) is 11.5 Å². The van der Waals surface area contributed by atoms with Crippen molar-refractivity contribution in [3.05, 3.63) is 0 Å². The summed E-state index contributed by atoms with van der Waals surface area (Å²) in [6, 6.07) is -3.47. The van der Waals surface area contributed by atoms with Crippen molar-refractivity contribution in [1.82, 2.24) is 20.9 Å². The zero-order valence-corrected chi connectivity index (χ0v) is 29.4. The molecule has 0 unspecified atom stereocenters. The number of nitrogens with two attached hydrogens (primary N) is 2. The highest BCUT2D eigenvalue weighted by atomic mass is 16.4. The van der Waals surface area contributed by atoms with E-state index in [2.05, 4.69) is 27.9 Å². The zero-order chi connectivity index (χ0) is 36.4. The molecule has 1 aliphatic heterocycles. The van der Waals surface area contributed by atoms with Gasteiger partial charge in [0.25, 0.3) is 0 Å². The maximum atomic E-state index is 13.5. The third-order valence-electron chi connectivity index (χ3n) is 8.63. The average Bonchev–Trinajstić information content (AvgIpc) is 3.55. The number of unbranched alkanes of at least 4 members (excludes halogenated alkanes) is 12. The van der Waals surface area contributed by atoms with Crippen molar-refractivity contribution in [2.24, 2.45) is 16.5 Å². The molecule has 0 aromatic carbocycles. The summed E-state index contributed by atoms with van der Waals surface area (Å²) in [4.78, 5) is 79.6. The summed E-state index contributed by atoms with van der Waals surface area (Å²) in [6.07, 6.45) is 16.2. The van der Waals surface area contributed by atoms with Crippen molar-refractivity contribution < 1.29 is 39.0 Å². The quantitative estimate of drug-likeness (QED) is 0.0358. The van der Waals surface area contributed by atoms with Gasteiger partial charge >= 0.3 is 11.9 Å². The minimum atomic E-state index is -1.25. The first-order valence-corrected chi connectivity index (χ1v) is 18.1. The Balaban J connectivity index is 2.51. The van der Waals surface area contributed by atoms with Crippen LogP contribution in [0.25, 0.3) is 0 Å². The lowest BCUT2D eigenvalue weighted by molar-refractivity contribution is -0.145. The van der Waals surface area contributed by atoms with Gasteiger partial charge in [-0.3, -0.25) is 29.0 Å². The molecule has 9 N–H and O–H groups in total. The normalized spacial score (nSPS) is 15.2. The lowest BCUT2D eigenvalue weighted by Crippen LogP contribution is -2.56. The molecule has 0 saturated carbocycles. The van der Waals surface area contributed by atoms with Crippen LogP contribution in [0, 0.1) is 0 Å². The molecular formula is C34H61N7O8. The van der Waals surface area contributed by atoms with Gasteiger partial charge < -0.3 is 42.5 Å². The number of carboxylic acids is 2. The Hall–Kier alpha value is -3.91. The van der Waals surface area contributed by atoms with Crippen molar-refractivity contribution in [3.8, 4) is 0 Å². The summed E-state index contributed by atoms with van der Waals surface area (Å²) in [5.41, 5.74) is 10.6. The SMILES string of the molecule is CCCCCCCCCCCCCCCC(=O)NCC(=O)N[C@@H](CCC(=O)O)C(=O)N1CCC[C@H]1C(=O)N[C@@H](CCCN=C(N)N)C(=O)O. The number of nitrogens with one attached hydrogen (secondary N) is 3. The fraction of sp³-hybridized carbons (Fsp3) is 0.794. The van der Waals surface area contributed by atoms with E-state index in [-0.39, 0.29) is 57.2 Å². The lowest BCUT2D eigenvalue weighted by Gasteiger charge is -2.29. The van der Waals surface area contributed by atoms with Crippen LogP contribution in [-0.2, 0) is 28.8 Å². The fourth-order valence-corrected chi connectivity index (χ4v) is 5.87. The molecule has 280 valence electrons. The molecule has 3 atom stereocenters. The highest BCUT2D eigenvalue weighted by Gasteiger charge is 2.38. The lowest BCUT2D eigenvalue weighted by atomic mass is 10.0. The number of aliphatic imine (C=N–C) groups is 1. The van der Waals surface area contributed by atoms with Gasteiger partial charge in [0.2, 0.25) is 23.6 Å². The molecule has 0 bridgehead atoms. The molecule has 0 spiro atoms. The maximum Gasteiger partial charge on any atom is 0.326 e. The summed E-state index contributed by atoms with van der Waals surface area (Å²) < 4.78 is 0. The average molecular weight is 696 g/mol. The summed E-state index contributed by atoms with van der Waals surface area (Å²) in [5.74, 6) is -4.80. The van der Waals surface area contributed by atoms with Crippen LogP contribution >= 0.6 is 0 Å². The molecule has 1 saturated heterocycles. The second-order valence-corrected chi connectivity index (χ2v) is 12.9. The number of carbonyl (C=O) groups excluding carboxylic acids is 4. The number of likely N-dealkylation sites (tertiary alicyclic amines) is 1. The second kappa shape index (κ2) is 26.0. The number of nitrogens with zero attached hydrogens (tertiary/aromatic N) is 2. The van der Waals surface area contributed by atoms with E-state index >= 15 is 0 Å². The van der Waals surface area contributed by atoms with Gasteiger partial charge in [-0.15, -0.1) is 0 Å². The van der Waals surface area contributed by atoms with Crippen molar-refractivity contribution in [1.29, 1.82) is 0 Å². The summed E-state index contributed by atoms with van der Waals surface area (Å²) in [6.45, 7) is 2.21. The minimum absolute atomic E-state index is 0.0564. The first-order chi connectivity index (χ1) is 23.5. The van der Waals surface area contributed by atoms with E-state index in [1.54, 1.807) is 0 Å². The molecule has 1 aliphatic rings. The summed E-state index contributed by atoms with van der Waals surface area (Å²) in [5, 5.41) is 26.3. The Bertz CT molecular complexity index is 1070. The number of carboxylic acid groups (broad SMARTS) is 2. The predicted octanol–water partition coefficient (Wildman–Crippen LogP) is 2.55. The molecule has 4 amide bonds. The number of hydrogen-bond acceptors (Lipinski definition) is 7. The molecule has 1 rings (SSSR count). The van der Waals surface area contributed by atoms with E-state index in [9.17, 15) is 39.0 Å². The molecule has 15 nitrogen and oxygen atoms in total. The van der Waals surface area contributed by atoms with Gasteiger partial charge in [-0.1, -0.05) is 84.0 Å². The van der Waals surface area contributed by atoms with E-state index in [0.717, 1.165) is 19.3 Å². The first kappa shape index (κ1) is 43.1. The monoisotopic (exact) mass is 695 g/mol. The standard InChI is InChI=1S/C34H61N7O8/c1-2-3-4-5-6-7-8-9-10-11-12-13-14-19-28(42)38-24-29(43)39-25(20-21-30(44)45)32(47)41-23-16-18-27(41)31(46)40-26(33(48)49)17-15-22-37-34(35)36/h25-27H,2-24H2,1H3,(H,38,42)(H,39,43)(H,40,46)(H,44,45)(H,48,49)(H4,35,36,37)/t25-,26-,27-/m0/s1. The van der Waals surface area contributed by atoms with Crippen LogP contribution in [0.2, 0.25) is 0 Å². The van der Waals surface area contributed by atoms with E-state index in [1.165, 1.54) is 62.7 Å². The Morgan fingerprint density at radius 1 is 0.755 bits per heavy atom. The number of guanidine groups is 1. The van der Waals surface area contributed by atoms with Gasteiger partial charge in [-0.25, -0.2) is 4.79 Å². The van der Waals surface area contributed by atoms with Crippen LogP contribution in [-0.4, -0.2) is 94.4 Å². The van der Waals surface area contributed by atoms with Gasteiger partial charge in [0.15, 0.2) is 5.96 Å². The third-order valence-corrected chi connectivity index (χ3v) is 8.63. The van der Waals surface area contributed by atoms with Crippen molar-refractivity contribution in [3.63, 3.8) is 0 Å². The number of aliphatic carboxylic acids is 2. The van der Waals surface area contributed by atoms with Gasteiger partial charge in [-0.2, -0.15) is 0 Å². The minimum Gasteiger partial charge on any atom is -0.481 e. The van der Waals surface area contributed by atoms with Crippen LogP contribution in [0.1, 0.15) is 135 Å². The topological polar surface area (TPSA) is 247 Å². The van der Waals surface area contributed by atoms with Crippen LogP contribution in [0.5, 0.6) is 0 Å². The second-order valence-electron chi connectivity index (χ2n) is 12.9. The number of amides is 4. The molecule has 0 radical (unpaired) electrons. The van der Waals surface area contributed by atoms with E-state index in [1.807, 2.05) is 0 Å². The molecule has 15 heteroatoms. The van der Waals surface area contributed by atoms with Crippen LogP contribution in [0.3, 0.4) is 0 Å². The van der Waals surface area contributed by atoms with E-state index in [0.29, 0.717) is 19.3 Å². The van der Waals surface area contributed by atoms with Crippen molar-refractivity contribution in [2.75, 3.05) is 19.6 Å². The first-order valence-electron chi connectivity index (χ1n) is 18.1. The van der Waals surface area contributed by atoms with Gasteiger partial charge in [0, 0.05) is 25.9 Å². The Kier molecular flexibility index (Phi) is 22.9. The number of carbonyl (C=O) groups is 6. The van der Waals surface area contributed by atoms with Gasteiger partial charge in [0.1, 0.15) is 18.1 Å². The molecule has 0 aliphatic carbocycles. The predicted molar refractivity (Wildman–Crippen MR) is 186 cm³/mol. The molecule has 0 aromatic heterocycles. The van der Waals surface area contributed by atoms with Crippen molar-refractivity contribution in [2.45, 2.75) is 153 Å². The van der Waals surface area contributed by atoms with Gasteiger partial charge in [0.05, 0.1) is 6.54 Å². The Labute approximate surface area is 290 Å². The highest BCUT2D eigenvalue weighted by Crippen LogP contribution is 2.20. The fourth-order valence-electron chi connectivity index (χ4n) is 5.87. The molecule has 49 heavy (non-hydrogen) atoms. The van der Waals surface area contributed by atoms with Crippen LogP contribution in [0.4, 0.5) is 0 Å². The highest BCUT2D eigenvalue weighted by molar-refractivity contribution is 5.94. The zero-order valence-electron chi connectivity index (χ0n) is 29.4. The Morgan fingerprint density at radius 3 is 1.90 bits per heavy atom. The van der Waals surface area contributed by atoms with E-state index < -0.39 is 54.2 Å². The molecule has 1 fully saturated rings. The smallest absolute Gasteiger partial charge is 0.326 e. The van der Waals surface area contributed by atoms with Crippen LogP contribution in [0.15, 0.2) is 4.99 Å². The number of hydrogen-bond donors (Lipinski definition) is 7. The largest absolute Gasteiger partial charge is 0.481 e. The third kappa shape index (κ3) is 20.3. The van der Waals surface area contributed by atoms with Crippen molar-refractivity contribution >= 4 is 41.5 Å². The van der Waals surface area contributed by atoms with Crippen LogP contribution < -0.4 is 27.4 Å². The molecular weight excluding hydrogens is 634 g/mol. The summed E-state index contributed by atoms with van der Waals surface area (Å²) in [7, 11) is 0. The summed E-state index contributed by atoms with van der Waals surface area (Å²) >= 11 is 0. The number of rotatable bonds is 28.